The fourth-order valence-corrected chi connectivity index (χ4v) is 1.82. The summed E-state index contributed by atoms with van der Waals surface area (Å²) < 4.78 is 5.87. The molecule has 0 saturated carbocycles. The molecule has 2 aromatic rings. The van der Waals surface area contributed by atoms with Gasteiger partial charge in [0.1, 0.15) is 17.4 Å². The number of nitrogens with one attached hydrogen (secondary N) is 1. The Labute approximate surface area is 123 Å². The Morgan fingerprint density at radius 3 is 2.71 bits per heavy atom. The minimum atomic E-state index is 0.438. The van der Waals surface area contributed by atoms with Crippen LogP contribution in [0.15, 0.2) is 18.2 Å². The third-order valence-electron chi connectivity index (χ3n) is 3.12. The molecule has 0 atom stereocenters. The first kappa shape index (κ1) is 14.8. The van der Waals surface area contributed by atoms with Crippen molar-refractivity contribution in [3.63, 3.8) is 0 Å². The summed E-state index contributed by atoms with van der Waals surface area (Å²) in [6.07, 6.45) is 0.669. The van der Waals surface area contributed by atoms with Crippen LogP contribution in [0.2, 0.25) is 0 Å². The zero-order valence-electron chi connectivity index (χ0n) is 12.3. The van der Waals surface area contributed by atoms with Gasteiger partial charge in [0, 0.05) is 6.42 Å². The summed E-state index contributed by atoms with van der Waals surface area (Å²) >= 11 is 0. The minimum Gasteiger partial charge on any atom is -0.438 e. The van der Waals surface area contributed by atoms with E-state index in [2.05, 4.69) is 21.5 Å². The molecule has 0 aliphatic carbocycles. The molecule has 21 heavy (non-hydrogen) atoms. The van der Waals surface area contributed by atoms with Gasteiger partial charge < -0.3 is 10.2 Å². The van der Waals surface area contributed by atoms with E-state index in [0.717, 1.165) is 11.1 Å². The van der Waals surface area contributed by atoms with Crippen molar-refractivity contribution >= 4 is 5.82 Å². The maximum atomic E-state index is 8.98. The Hall–Kier alpha value is -2.65. The Kier molecular flexibility index (Phi) is 4.36. The van der Waals surface area contributed by atoms with E-state index in [1.807, 2.05) is 26.8 Å². The van der Waals surface area contributed by atoms with Crippen molar-refractivity contribution < 1.29 is 4.74 Å². The largest absolute Gasteiger partial charge is 0.438 e. The number of aryl methyl sites for hydroxylation is 2. The van der Waals surface area contributed by atoms with Gasteiger partial charge in [-0.15, -0.1) is 0 Å². The summed E-state index contributed by atoms with van der Waals surface area (Å²) in [7, 11) is 0. The van der Waals surface area contributed by atoms with Crippen LogP contribution >= 0.6 is 0 Å². The summed E-state index contributed by atoms with van der Waals surface area (Å²) in [6.45, 7) is 5.69. The van der Waals surface area contributed by atoms with Gasteiger partial charge in [0.25, 0.3) is 0 Å². The minimum absolute atomic E-state index is 0.438. The first-order valence-corrected chi connectivity index (χ1v) is 6.61. The van der Waals surface area contributed by atoms with Gasteiger partial charge >= 0.3 is 0 Å². The Bertz CT molecular complexity index is 706. The highest BCUT2D eigenvalue weighted by molar-refractivity contribution is 5.50. The lowest BCUT2D eigenvalue weighted by Crippen LogP contribution is -2.13. The molecular formula is C15H17N5O. The van der Waals surface area contributed by atoms with Crippen molar-refractivity contribution in [1.29, 1.82) is 5.26 Å². The van der Waals surface area contributed by atoms with Crippen molar-refractivity contribution in [2.75, 3.05) is 5.43 Å². The molecule has 3 N–H and O–H groups in total. The van der Waals surface area contributed by atoms with Crippen molar-refractivity contribution in [2.45, 2.75) is 27.2 Å². The highest BCUT2D eigenvalue weighted by Crippen LogP contribution is 2.29. The number of benzene rings is 1. The van der Waals surface area contributed by atoms with Crippen molar-refractivity contribution in [3.8, 4) is 17.7 Å². The Morgan fingerprint density at radius 1 is 1.33 bits per heavy atom. The van der Waals surface area contributed by atoms with Gasteiger partial charge in [-0.05, 0) is 31.5 Å². The van der Waals surface area contributed by atoms with Gasteiger partial charge in [0.15, 0.2) is 0 Å². The first-order chi connectivity index (χ1) is 10.1. The second-order valence-corrected chi connectivity index (χ2v) is 4.61. The molecule has 0 bridgehead atoms. The molecule has 6 heteroatoms. The fourth-order valence-electron chi connectivity index (χ4n) is 1.82. The van der Waals surface area contributed by atoms with Crippen LogP contribution in [0.1, 0.15) is 29.4 Å². The monoisotopic (exact) mass is 283 g/mol. The molecule has 0 fully saturated rings. The third kappa shape index (κ3) is 3.09. The van der Waals surface area contributed by atoms with E-state index in [1.165, 1.54) is 0 Å². The number of nitrogens with two attached hydrogens (primary N) is 1. The summed E-state index contributed by atoms with van der Waals surface area (Å²) in [6, 6.07) is 7.38. The molecular weight excluding hydrogens is 266 g/mol. The van der Waals surface area contributed by atoms with Gasteiger partial charge in [0.2, 0.25) is 5.88 Å². The van der Waals surface area contributed by atoms with Crippen molar-refractivity contribution in [2.24, 2.45) is 5.84 Å². The molecule has 0 unspecified atom stereocenters. The highest BCUT2D eigenvalue weighted by Gasteiger charge is 2.13. The lowest BCUT2D eigenvalue weighted by atomic mass is 10.1. The molecule has 0 spiro atoms. The number of aromatic nitrogens is 2. The average molecular weight is 283 g/mol. The van der Waals surface area contributed by atoms with E-state index in [9.17, 15) is 0 Å². The van der Waals surface area contributed by atoms with Crippen LogP contribution in [0.3, 0.4) is 0 Å². The number of nitrogens with zero attached hydrogens (tertiary/aromatic N) is 3. The van der Waals surface area contributed by atoms with Gasteiger partial charge in [0.05, 0.1) is 17.2 Å². The molecule has 6 nitrogen and oxygen atoms in total. The van der Waals surface area contributed by atoms with Crippen LogP contribution in [0.25, 0.3) is 0 Å². The van der Waals surface area contributed by atoms with Crippen LogP contribution in [-0.4, -0.2) is 9.97 Å². The highest BCUT2D eigenvalue weighted by atomic mass is 16.5. The number of rotatable bonds is 4. The van der Waals surface area contributed by atoms with Crippen LogP contribution < -0.4 is 16.0 Å². The van der Waals surface area contributed by atoms with Gasteiger partial charge in [-0.3, -0.25) is 0 Å². The first-order valence-electron chi connectivity index (χ1n) is 6.61. The Morgan fingerprint density at radius 2 is 2.10 bits per heavy atom. The van der Waals surface area contributed by atoms with E-state index in [1.54, 1.807) is 12.1 Å². The standard InChI is InChI=1S/C15H17N5O/c1-4-13-18-14(20-17)10(3)15(19-13)21-12-7-11(8-16)6-5-9(12)2/h5-7H,4,17H2,1-3H3,(H,18,19,20). The summed E-state index contributed by atoms with van der Waals surface area (Å²) in [5, 5.41) is 8.98. The molecule has 0 amide bonds. The lowest BCUT2D eigenvalue weighted by Gasteiger charge is -2.13. The molecule has 2 rings (SSSR count). The number of ether oxygens (including phenoxy) is 1. The van der Waals surface area contributed by atoms with E-state index >= 15 is 0 Å². The molecule has 0 saturated heterocycles. The molecule has 0 aliphatic rings. The van der Waals surface area contributed by atoms with E-state index in [4.69, 9.17) is 15.8 Å². The summed E-state index contributed by atoms with van der Waals surface area (Å²) in [5.74, 6) is 7.68. The average Bonchev–Trinajstić information content (AvgIpc) is 2.51. The maximum absolute atomic E-state index is 8.98. The van der Waals surface area contributed by atoms with Gasteiger partial charge in [-0.2, -0.15) is 10.2 Å². The molecule has 108 valence electrons. The number of hydrazine groups is 1. The van der Waals surface area contributed by atoms with Crippen LogP contribution in [-0.2, 0) is 6.42 Å². The maximum Gasteiger partial charge on any atom is 0.227 e. The summed E-state index contributed by atoms with van der Waals surface area (Å²) in [5.41, 5.74) is 4.73. The fraction of sp³-hybridized carbons (Fsp3) is 0.267. The zero-order chi connectivity index (χ0) is 15.4. The smallest absolute Gasteiger partial charge is 0.227 e. The SMILES string of the molecule is CCc1nc(NN)c(C)c(Oc2cc(C#N)ccc2C)n1. The predicted octanol–water partition coefficient (Wildman–Crippen LogP) is 2.61. The third-order valence-corrected chi connectivity index (χ3v) is 3.12. The topological polar surface area (TPSA) is 96.9 Å². The number of hydrogen-bond acceptors (Lipinski definition) is 6. The molecule has 0 radical (unpaired) electrons. The molecule has 1 heterocycles. The van der Waals surface area contributed by atoms with E-state index < -0.39 is 0 Å². The van der Waals surface area contributed by atoms with Crippen LogP contribution in [0.5, 0.6) is 11.6 Å². The van der Waals surface area contributed by atoms with Crippen molar-refractivity contribution in [1.82, 2.24) is 9.97 Å². The molecule has 1 aromatic carbocycles. The zero-order valence-corrected chi connectivity index (χ0v) is 12.3. The predicted molar refractivity (Wildman–Crippen MR) is 79.9 cm³/mol. The molecule has 0 aliphatic heterocycles. The quantitative estimate of drug-likeness (QED) is 0.661. The van der Waals surface area contributed by atoms with E-state index in [0.29, 0.717) is 35.3 Å². The number of anilines is 1. The second kappa shape index (κ2) is 6.20. The van der Waals surface area contributed by atoms with E-state index in [-0.39, 0.29) is 0 Å². The lowest BCUT2D eigenvalue weighted by molar-refractivity contribution is 0.451. The summed E-state index contributed by atoms with van der Waals surface area (Å²) in [4.78, 5) is 8.67. The number of nitriles is 1. The number of hydrogen-bond donors (Lipinski definition) is 2. The van der Waals surface area contributed by atoms with Crippen LogP contribution in [0.4, 0.5) is 5.82 Å². The molecule has 1 aromatic heterocycles. The normalized spacial score (nSPS) is 10.0. The van der Waals surface area contributed by atoms with Crippen LogP contribution in [0, 0.1) is 25.2 Å². The van der Waals surface area contributed by atoms with Gasteiger partial charge in [-0.1, -0.05) is 13.0 Å². The Balaban J connectivity index is 2.46. The second-order valence-electron chi connectivity index (χ2n) is 4.61. The van der Waals surface area contributed by atoms with Gasteiger partial charge in [-0.25, -0.2) is 10.8 Å². The van der Waals surface area contributed by atoms with Crippen molar-refractivity contribution in [3.05, 3.63) is 40.7 Å². The number of nitrogen functional groups attached to an aromatic ring is 1.